The molecular formula is C72H77LiN6O15. The molecule has 22 heteroatoms. The number of nitrogen functional groups attached to an aromatic ring is 1. The summed E-state index contributed by atoms with van der Waals surface area (Å²) in [4.78, 5) is 118. The summed E-state index contributed by atoms with van der Waals surface area (Å²) in [6.07, 6.45) is 4.00. The Bertz CT molecular complexity index is 4710. The summed E-state index contributed by atoms with van der Waals surface area (Å²) in [5, 5.41) is 35.7. The molecule has 486 valence electrons. The number of nitrogens with two attached hydrogens (primary N) is 1. The number of ether oxygens (including phenoxy) is 2. The zero-order valence-corrected chi connectivity index (χ0v) is 55.5. The van der Waals surface area contributed by atoms with Gasteiger partial charge in [-0.25, -0.2) is 4.79 Å². The number of rotatable bonds is 7. The van der Waals surface area contributed by atoms with E-state index in [0.717, 1.165) is 22.3 Å². The van der Waals surface area contributed by atoms with Crippen LogP contribution in [0.2, 0.25) is 0 Å². The molecule has 0 spiro atoms. The number of fused-ring (bicyclic) bond motifs is 5. The fourth-order valence-corrected chi connectivity index (χ4v) is 10.7. The van der Waals surface area contributed by atoms with Gasteiger partial charge in [-0.2, -0.15) is 0 Å². The summed E-state index contributed by atoms with van der Waals surface area (Å²) in [5.74, 6) is -3.18. The van der Waals surface area contributed by atoms with E-state index >= 15 is 0 Å². The smallest absolute Gasteiger partial charge is 0.870 e. The second kappa shape index (κ2) is 26.9. The van der Waals surface area contributed by atoms with Crippen LogP contribution in [0.4, 0.5) is 17.1 Å². The normalized spacial score (nSPS) is 13.5. The van der Waals surface area contributed by atoms with Crippen molar-refractivity contribution in [2.24, 2.45) is 0 Å². The summed E-state index contributed by atoms with van der Waals surface area (Å²) in [7, 11) is 0. The summed E-state index contributed by atoms with van der Waals surface area (Å²) < 4.78 is 10.7. The molecule has 2 aliphatic rings. The van der Waals surface area contributed by atoms with E-state index in [1.54, 1.807) is 84.9 Å². The van der Waals surface area contributed by atoms with Gasteiger partial charge < -0.3 is 61.6 Å². The summed E-state index contributed by atoms with van der Waals surface area (Å²) >= 11 is 0. The zero-order chi connectivity index (χ0) is 68.1. The number of pyridine rings is 3. The number of aromatic hydroxyl groups is 1. The third-order valence-corrected chi connectivity index (χ3v) is 16.4. The molecular weight excluding hydrogens is 1200 g/mol. The molecule has 0 saturated heterocycles. The number of aromatic amines is 3. The first-order valence-electron chi connectivity index (χ1n) is 29.5. The van der Waals surface area contributed by atoms with Gasteiger partial charge in [0.1, 0.15) is 33.9 Å². The third-order valence-electron chi connectivity index (χ3n) is 16.4. The molecule has 0 atom stereocenters. The number of para-hydroxylation sites is 3. The van der Waals surface area contributed by atoms with Crippen molar-refractivity contribution < 1.29 is 77.9 Å². The molecule has 6 aromatic carbocycles. The van der Waals surface area contributed by atoms with Gasteiger partial charge in [0, 0.05) is 103 Å². The fraction of sp³-hybridized carbons (Fsp3) is 0.292. The molecule has 0 aliphatic carbocycles. The minimum absolute atomic E-state index is 0. The summed E-state index contributed by atoms with van der Waals surface area (Å²) in [5.41, 5.74) is 9.02. The minimum Gasteiger partial charge on any atom is -0.870 e. The van der Waals surface area contributed by atoms with Crippen molar-refractivity contribution in [1.29, 1.82) is 0 Å². The number of phenols is 1. The molecule has 21 nitrogen and oxygen atoms in total. The zero-order valence-electron chi connectivity index (χ0n) is 55.5. The van der Waals surface area contributed by atoms with E-state index in [-0.39, 0.29) is 80.5 Å². The molecule has 0 fully saturated rings. The monoisotopic (exact) mass is 1270 g/mol. The SMILES string of the molecule is CC(C)(C)c1cc(C(C)(C)C(=O)O)c(O)cc1NC(=O)c1c[nH]c2ccccc2c1=O.CC(C)(C)c1cc2c(cc1N)OC(=O)C2(C)C.CC(C)(C)c1cc2c(cc1NC(=O)c1c[nH]c3ccccc3c1=O)OC(=O)C2(C)C.O=C(O)c1c[nH]c2ccccc2c1=O.[Li+].[OH-]. The Kier molecular flexibility index (Phi) is 20.9. The van der Waals surface area contributed by atoms with Crippen molar-refractivity contribution in [2.75, 3.05) is 16.4 Å². The number of esters is 2. The van der Waals surface area contributed by atoms with Crippen LogP contribution in [-0.2, 0) is 46.9 Å². The van der Waals surface area contributed by atoms with E-state index in [0.29, 0.717) is 66.8 Å². The second-order valence-corrected chi connectivity index (χ2v) is 27.4. The fourth-order valence-electron chi connectivity index (χ4n) is 10.7. The van der Waals surface area contributed by atoms with E-state index in [4.69, 9.17) is 20.3 Å². The van der Waals surface area contributed by atoms with Gasteiger partial charge in [-0.3, -0.25) is 38.4 Å². The summed E-state index contributed by atoms with van der Waals surface area (Å²) in [6.45, 7) is 28.5. The first kappa shape index (κ1) is 73.0. The maximum atomic E-state index is 13.0. The molecule has 9 aromatic rings. The van der Waals surface area contributed by atoms with Gasteiger partial charge in [0.2, 0.25) is 16.3 Å². The number of aliphatic carboxylic acids is 1. The standard InChI is InChI=1S/C24H26N2O5.C24H24N2O4.C14H19NO2.C10H7NO3.Li.H2O/c1-23(2,3)15-10-16(24(4,5)22(30)31)19(27)11-18(15)26-21(29)14-12-25-17-9-7-6-8-13(17)20(14)28;1-23(2,3)15-10-16-19(30-22(29)24(16,4)5)11-18(15)26-21(28)14-12-25-17-9-7-6-8-13(17)20(14)27;1-13(2,3)8-6-9-11(7-10(8)15)17-12(16)14(9,4)5;12-9-6-3-1-2-4-8(6)11-5-7(9)10(13)14;;/h6-12,27H,1-5H3,(H,25,28)(H,26,29)(H,30,31);6-12H,1-5H3,(H,25,27)(H,26,28);6-7H,15H2,1-5H3;1-5H,(H,11,12)(H,13,14);;1H2/q;;;;+1;/p-1. The molecule has 0 radical (unpaired) electrons. The van der Waals surface area contributed by atoms with Crippen molar-refractivity contribution in [3.8, 4) is 17.2 Å². The number of anilines is 3. The Morgan fingerprint density at radius 1 is 0.479 bits per heavy atom. The number of aromatic nitrogens is 3. The van der Waals surface area contributed by atoms with Crippen molar-refractivity contribution in [1.82, 2.24) is 15.0 Å². The molecule has 0 unspecified atom stereocenters. The quantitative estimate of drug-likeness (QED) is 0.0310. The molecule has 2 aliphatic heterocycles. The molecule has 11 rings (SSSR count). The Morgan fingerprint density at radius 3 is 1.20 bits per heavy atom. The molecule has 0 bridgehead atoms. The first-order valence-corrected chi connectivity index (χ1v) is 29.5. The van der Waals surface area contributed by atoms with Gasteiger partial charge in [-0.05, 0) is 129 Å². The average Bonchev–Trinajstić information content (AvgIpc) is 1.54. The number of amides is 2. The number of benzene rings is 6. The van der Waals surface area contributed by atoms with Crippen molar-refractivity contribution in [2.45, 2.75) is 136 Å². The van der Waals surface area contributed by atoms with Crippen LogP contribution in [0.15, 0.2) is 142 Å². The number of carboxylic acids is 2. The number of carboxylic acid groups (broad SMARTS) is 2. The summed E-state index contributed by atoms with van der Waals surface area (Å²) in [6, 6.07) is 31.0. The number of carbonyl (C=O) groups excluding carboxylic acids is 4. The predicted octanol–water partition coefficient (Wildman–Crippen LogP) is 9.24. The van der Waals surface area contributed by atoms with Crippen LogP contribution in [0.1, 0.15) is 168 Å². The molecule has 3 aromatic heterocycles. The van der Waals surface area contributed by atoms with Gasteiger partial charge in [0.25, 0.3) is 11.8 Å². The van der Waals surface area contributed by atoms with Gasteiger partial charge in [-0.15, -0.1) is 0 Å². The van der Waals surface area contributed by atoms with Crippen LogP contribution in [-0.4, -0.2) is 71.4 Å². The van der Waals surface area contributed by atoms with E-state index in [1.807, 2.05) is 87.4 Å². The number of nitrogens with one attached hydrogen (secondary N) is 5. The Labute approximate surface area is 554 Å². The molecule has 5 heterocycles. The van der Waals surface area contributed by atoms with E-state index in [2.05, 4.69) is 46.4 Å². The van der Waals surface area contributed by atoms with E-state index in [9.17, 15) is 53.4 Å². The largest absolute Gasteiger partial charge is 1.00 e. The van der Waals surface area contributed by atoms with Crippen LogP contribution in [0.25, 0.3) is 32.7 Å². The Balaban J connectivity index is 0.000000207. The molecule has 2 amide bonds. The maximum absolute atomic E-state index is 13.0. The van der Waals surface area contributed by atoms with Crippen LogP contribution in [0.3, 0.4) is 0 Å². The number of carbonyl (C=O) groups is 6. The number of hydrogen-bond donors (Lipinski definition) is 9. The predicted molar refractivity (Wildman–Crippen MR) is 358 cm³/mol. The molecule has 0 saturated carbocycles. The van der Waals surface area contributed by atoms with Gasteiger partial charge in [0.05, 0.1) is 16.2 Å². The number of H-pyrrole nitrogens is 3. The van der Waals surface area contributed by atoms with Crippen LogP contribution in [0, 0.1) is 0 Å². The molecule has 11 N–H and O–H groups in total. The van der Waals surface area contributed by atoms with Gasteiger partial charge in [-0.1, -0.05) is 98.7 Å². The van der Waals surface area contributed by atoms with E-state index < -0.39 is 56.3 Å². The molecule has 94 heavy (non-hydrogen) atoms. The van der Waals surface area contributed by atoms with E-state index in [1.165, 1.54) is 38.5 Å². The topological polar surface area (TPSA) is 360 Å². The number of phenolic OH excluding ortho intramolecular Hbond substituents is 1. The van der Waals surface area contributed by atoms with Crippen molar-refractivity contribution >= 4 is 85.5 Å². The first-order chi connectivity index (χ1) is 42.7. The minimum atomic E-state index is -1.33. The maximum Gasteiger partial charge on any atom is 1.00 e. The Morgan fingerprint density at radius 2 is 0.819 bits per heavy atom. The second-order valence-electron chi connectivity index (χ2n) is 27.4. The number of hydrogen-bond acceptors (Lipinski definition) is 14. The van der Waals surface area contributed by atoms with Gasteiger partial charge in [0.15, 0.2) is 0 Å². The van der Waals surface area contributed by atoms with Crippen LogP contribution in [0.5, 0.6) is 17.2 Å². The van der Waals surface area contributed by atoms with Crippen LogP contribution < -0.4 is 61.0 Å². The number of aromatic carboxylic acids is 1. The average molecular weight is 1270 g/mol. The Hall–Kier alpha value is -10.1. The van der Waals surface area contributed by atoms with Gasteiger partial charge >= 0.3 is 42.7 Å². The van der Waals surface area contributed by atoms with Crippen LogP contribution >= 0.6 is 0 Å². The van der Waals surface area contributed by atoms with Crippen molar-refractivity contribution in [3.63, 3.8) is 0 Å². The van der Waals surface area contributed by atoms with Crippen molar-refractivity contribution in [3.05, 3.63) is 209 Å². The third kappa shape index (κ3) is 14.6.